The van der Waals surface area contributed by atoms with Crippen LogP contribution < -0.4 is 0 Å². The van der Waals surface area contributed by atoms with Gasteiger partial charge in [0.05, 0.1) is 10.8 Å². The molecule has 6 heteroatoms. The summed E-state index contributed by atoms with van der Waals surface area (Å²) < 4.78 is 27.0. The van der Waals surface area contributed by atoms with Crippen molar-refractivity contribution in [1.82, 2.24) is 9.29 Å². The van der Waals surface area contributed by atoms with Gasteiger partial charge in [-0.25, -0.2) is 8.42 Å². The second-order valence-corrected chi connectivity index (χ2v) is 7.91. The largest absolute Gasteiger partial charge is 0.363 e. The third-order valence-corrected chi connectivity index (χ3v) is 5.91. The lowest BCUT2D eigenvalue weighted by atomic mass is 10.4. The van der Waals surface area contributed by atoms with E-state index in [0.717, 1.165) is 31.4 Å². The smallest absolute Gasteiger partial charge is 0.244 e. The first-order valence-electron chi connectivity index (χ1n) is 6.83. The van der Waals surface area contributed by atoms with Gasteiger partial charge in [-0.3, -0.25) is 0 Å². The molecule has 3 rings (SSSR count). The Morgan fingerprint density at radius 3 is 2.21 bits per heavy atom. The molecule has 1 aromatic rings. The van der Waals surface area contributed by atoms with Crippen LogP contribution in [0.3, 0.4) is 0 Å². The molecule has 0 aliphatic heterocycles. The van der Waals surface area contributed by atoms with Crippen LogP contribution in [0.2, 0.25) is 0 Å². The van der Waals surface area contributed by atoms with Gasteiger partial charge in [-0.2, -0.15) is 4.31 Å². The molecule has 1 N–H and O–H groups in total. The van der Waals surface area contributed by atoms with Gasteiger partial charge >= 0.3 is 0 Å². The predicted octanol–water partition coefficient (Wildman–Crippen LogP) is 2.56. The van der Waals surface area contributed by atoms with Crippen molar-refractivity contribution in [2.75, 3.05) is 13.1 Å². The molecule has 0 radical (unpaired) electrons. The lowest BCUT2D eigenvalue weighted by Crippen LogP contribution is -2.34. The Hall–Kier alpha value is -0.520. The van der Waals surface area contributed by atoms with Crippen molar-refractivity contribution in [3.05, 3.63) is 18.0 Å². The topological polar surface area (TPSA) is 53.2 Å². The summed E-state index contributed by atoms with van der Waals surface area (Å²) in [6.45, 7) is 1.36. The lowest BCUT2D eigenvalue weighted by molar-refractivity contribution is 0.382. The molecular formula is C13H19ClN2O2S. The van der Waals surface area contributed by atoms with Crippen molar-refractivity contribution < 1.29 is 8.42 Å². The second kappa shape index (κ2) is 5.11. The number of hydrogen-bond acceptors (Lipinski definition) is 2. The van der Waals surface area contributed by atoms with Crippen molar-refractivity contribution in [2.24, 2.45) is 11.8 Å². The van der Waals surface area contributed by atoms with Crippen molar-refractivity contribution in [3.8, 4) is 0 Å². The molecule has 2 saturated carbocycles. The van der Waals surface area contributed by atoms with E-state index in [-0.39, 0.29) is 0 Å². The number of nitrogens with one attached hydrogen (secondary N) is 1. The fourth-order valence-corrected chi connectivity index (χ4v) is 4.01. The highest BCUT2D eigenvalue weighted by Gasteiger charge is 2.35. The first-order valence-corrected chi connectivity index (χ1v) is 8.80. The van der Waals surface area contributed by atoms with Gasteiger partial charge in [0.25, 0.3) is 0 Å². The number of aromatic nitrogens is 1. The number of halogens is 1. The summed E-state index contributed by atoms with van der Waals surface area (Å²) in [6.07, 6.45) is 6.21. The lowest BCUT2D eigenvalue weighted by Gasteiger charge is -2.21. The summed E-state index contributed by atoms with van der Waals surface area (Å²) in [4.78, 5) is 3.27. The van der Waals surface area contributed by atoms with E-state index in [4.69, 9.17) is 11.6 Å². The average molecular weight is 303 g/mol. The molecule has 0 saturated heterocycles. The van der Waals surface area contributed by atoms with Gasteiger partial charge < -0.3 is 4.98 Å². The number of H-pyrrole nitrogens is 1. The van der Waals surface area contributed by atoms with Crippen LogP contribution in [0.1, 0.15) is 31.4 Å². The summed E-state index contributed by atoms with van der Waals surface area (Å²) in [7, 11) is -3.36. The van der Waals surface area contributed by atoms with Gasteiger partial charge in [0, 0.05) is 25.0 Å². The van der Waals surface area contributed by atoms with E-state index < -0.39 is 10.0 Å². The zero-order valence-corrected chi connectivity index (χ0v) is 12.4. The van der Waals surface area contributed by atoms with Crippen molar-refractivity contribution >= 4 is 21.6 Å². The predicted molar refractivity (Wildman–Crippen MR) is 74.6 cm³/mol. The molecule has 0 bridgehead atoms. The minimum Gasteiger partial charge on any atom is -0.363 e. The standard InChI is InChI=1S/C13H19ClN2O2S/c14-6-12-5-13(7-15-12)19(17,18)16(8-10-1-2-10)9-11-3-4-11/h5,7,10-11,15H,1-4,6,8-9H2. The molecule has 0 spiro atoms. The van der Waals surface area contributed by atoms with E-state index in [2.05, 4.69) is 4.98 Å². The van der Waals surface area contributed by atoms with Crippen molar-refractivity contribution in [2.45, 2.75) is 36.5 Å². The monoisotopic (exact) mass is 302 g/mol. The number of aromatic amines is 1. The van der Waals surface area contributed by atoms with Crippen LogP contribution in [0.4, 0.5) is 0 Å². The van der Waals surface area contributed by atoms with Crippen LogP contribution >= 0.6 is 11.6 Å². The molecule has 0 aromatic carbocycles. The zero-order chi connectivity index (χ0) is 13.5. The quantitative estimate of drug-likeness (QED) is 0.787. The van der Waals surface area contributed by atoms with Gasteiger partial charge in [-0.05, 0) is 43.6 Å². The molecule has 19 heavy (non-hydrogen) atoms. The van der Waals surface area contributed by atoms with Crippen LogP contribution in [-0.2, 0) is 15.9 Å². The van der Waals surface area contributed by atoms with Crippen molar-refractivity contribution in [3.63, 3.8) is 0 Å². The van der Waals surface area contributed by atoms with Gasteiger partial charge in [0.15, 0.2) is 0 Å². The third kappa shape index (κ3) is 3.15. The first-order chi connectivity index (χ1) is 9.09. The summed E-state index contributed by atoms with van der Waals surface area (Å²) in [5, 5.41) is 0. The Kier molecular flexibility index (Phi) is 3.62. The Balaban J connectivity index is 1.80. The fourth-order valence-electron chi connectivity index (χ4n) is 2.24. The molecule has 1 aromatic heterocycles. The molecule has 106 valence electrons. The van der Waals surface area contributed by atoms with Crippen LogP contribution in [-0.4, -0.2) is 30.8 Å². The summed E-state index contributed by atoms with van der Waals surface area (Å²) in [5.41, 5.74) is 0.748. The SMILES string of the molecule is O=S(=O)(c1c[nH]c(CCl)c1)N(CC1CC1)CC1CC1. The third-order valence-electron chi connectivity index (χ3n) is 3.82. The summed E-state index contributed by atoms with van der Waals surface area (Å²) in [5.74, 6) is 1.45. The van der Waals surface area contributed by atoms with E-state index in [1.807, 2.05) is 0 Å². The van der Waals surface area contributed by atoms with Crippen LogP contribution in [0.5, 0.6) is 0 Å². The molecule has 2 aliphatic rings. The fraction of sp³-hybridized carbons (Fsp3) is 0.692. The van der Waals surface area contributed by atoms with E-state index in [0.29, 0.717) is 35.7 Å². The Labute approximate surface area is 119 Å². The van der Waals surface area contributed by atoms with Gasteiger partial charge in [-0.1, -0.05) is 0 Å². The zero-order valence-electron chi connectivity index (χ0n) is 10.8. The maximum absolute atomic E-state index is 12.7. The minimum atomic E-state index is -3.36. The maximum Gasteiger partial charge on any atom is 0.244 e. The molecule has 0 amide bonds. The van der Waals surface area contributed by atoms with E-state index in [1.165, 1.54) is 0 Å². The number of rotatable bonds is 7. The highest BCUT2D eigenvalue weighted by atomic mass is 35.5. The van der Waals surface area contributed by atoms with E-state index >= 15 is 0 Å². The highest BCUT2D eigenvalue weighted by Crippen LogP contribution is 2.36. The number of nitrogens with zero attached hydrogens (tertiary/aromatic N) is 1. The van der Waals surface area contributed by atoms with Crippen LogP contribution in [0.25, 0.3) is 0 Å². The second-order valence-electron chi connectivity index (χ2n) is 5.70. The number of alkyl halides is 1. The molecule has 2 fully saturated rings. The summed E-state index contributed by atoms with van der Waals surface area (Å²) in [6, 6.07) is 1.65. The van der Waals surface area contributed by atoms with Gasteiger partial charge in [0.1, 0.15) is 0 Å². The van der Waals surface area contributed by atoms with E-state index in [1.54, 1.807) is 16.6 Å². The Morgan fingerprint density at radius 1 is 1.21 bits per heavy atom. The Morgan fingerprint density at radius 2 is 1.79 bits per heavy atom. The molecule has 4 nitrogen and oxygen atoms in total. The van der Waals surface area contributed by atoms with Crippen LogP contribution in [0.15, 0.2) is 17.2 Å². The highest BCUT2D eigenvalue weighted by molar-refractivity contribution is 7.89. The average Bonchev–Trinajstić information content (AvgIpc) is 3.30. The normalized spacial score (nSPS) is 20.1. The van der Waals surface area contributed by atoms with Gasteiger partial charge in [0.2, 0.25) is 10.0 Å². The minimum absolute atomic E-state index is 0.306. The summed E-state index contributed by atoms with van der Waals surface area (Å²) >= 11 is 5.72. The molecule has 0 unspecified atom stereocenters. The first kappa shape index (κ1) is 13.5. The molecule has 1 heterocycles. The van der Waals surface area contributed by atoms with Crippen molar-refractivity contribution in [1.29, 1.82) is 0 Å². The molecule has 0 atom stereocenters. The maximum atomic E-state index is 12.7. The van der Waals surface area contributed by atoms with E-state index in [9.17, 15) is 8.42 Å². The molecule has 2 aliphatic carbocycles. The van der Waals surface area contributed by atoms with Crippen LogP contribution in [0, 0.1) is 11.8 Å². The van der Waals surface area contributed by atoms with Gasteiger partial charge in [-0.15, -0.1) is 11.6 Å². The number of hydrogen-bond donors (Lipinski definition) is 1. The number of sulfonamides is 1. The Bertz CT molecular complexity index is 533. The molecular weight excluding hydrogens is 284 g/mol.